The number of tetrazole rings is 1. The number of nitrogens with one attached hydrogen (secondary N) is 2. The second kappa shape index (κ2) is 19.8. The number of benzene rings is 5. The fourth-order valence-corrected chi connectivity index (χ4v) is 11.1. The molecule has 66 heavy (non-hydrogen) atoms. The number of nitrogen functional groups attached to an aromatic ring is 1. The molecule has 4 N–H and O–H groups in total. The van der Waals surface area contributed by atoms with Crippen molar-refractivity contribution in [2.24, 2.45) is 0 Å². The Balaban J connectivity index is 1.45. The number of anilines is 1. The molecule has 2 aromatic heterocycles. The molecule has 346 valence electrons. The van der Waals surface area contributed by atoms with Crippen molar-refractivity contribution in [1.29, 1.82) is 0 Å². The maximum Gasteiger partial charge on any atom is 0.407 e. The minimum Gasteiger partial charge on any atom is -0.497 e. The Labute approximate surface area is 386 Å². The van der Waals surface area contributed by atoms with Crippen LogP contribution in [0.25, 0.3) is 32.7 Å². The van der Waals surface area contributed by atoms with Gasteiger partial charge in [-0.15, -0.1) is 10.2 Å². The van der Waals surface area contributed by atoms with Crippen molar-refractivity contribution >= 4 is 52.8 Å². The number of alkyl carbamates (subject to hydrolysis) is 1. The van der Waals surface area contributed by atoms with Crippen LogP contribution in [0.15, 0.2) is 113 Å². The largest absolute Gasteiger partial charge is 0.497 e. The third kappa shape index (κ3) is 11.1. The highest BCUT2D eigenvalue weighted by Gasteiger charge is 2.38. The molecule has 0 aliphatic carbocycles. The lowest BCUT2D eigenvalue weighted by Crippen LogP contribution is -2.38. The number of fused-ring (bicyclic) bond motifs is 1. The molecule has 0 saturated heterocycles. The van der Waals surface area contributed by atoms with E-state index in [-0.39, 0.29) is 54.8 Å². The maximum absolute atomic E-state index is 16.0. The van der Waals surface area contributed by atoms with Crippen molar-refractivity contribution < 1.29 is 40.6 Å². The van der Waals surface area contributed by atoms with E-state index in [0.29, 0.717) is 44.2 Å². The summed E-state index contributed by atoms with van der Waals surface area (Å²) in [5.41, 5.74) is 8.32. The topological polar surface area (TPSA) is 232 Å². The Morgan fingerprint density at radius 2 is 1.33 bits per heavy atom. The van der Waals surface area contributed by atoms with E-state index in [4.69, 9.17) is 29.8 Å². The highest BCUT2D eigenvalue weighted by atomic mass is 32.2. The van der Waals surface area contributed by atoms with Gasteiger partial charge in [-0.05, 0) is 96.8 Å². The number of sulfonamides is 2. The van der Waals surface area contributed by atoms with E-state index in [1.54, 1.807) is 101 Å². The van der Waals surface area contributed by atoms with Crippen LogP contribution in [0, 0.1) is 0 Å². The number of carbonyl (C=O) groups is 1. The minimum atomic E-state index is -4.93. The van der Waals surface area contributed by atoms with E-state index in [9.17, 15) is 13.2 Å². The van der Waals surface area contributed by atoms with E-state index >= 15 is 8.42 Å². The molecule has 1 amide bonds. The third-order valence-corrected chi connectivity index (χ3v) is 14.4. The van der Waals surface area contributed by atoms with Crippen molar-refractivity contribution in [2.45, 2.75) is 55.8 Å². The van der Waals surface area contributed by atoms with Crippen LogP contribution in [0.3, 0.4) is 0 Å². The lowest BCUT2D eigenvalue weighted by molar-refractivity contribution is 0.0528. The maximum atomic E-state index is 16.0. The lowest BCUT2D eigenvalue weighted by Gasteiger charge is -2.26. The number of nitrogens with zero attached hydrogens (tertiary/aromatic N) is 6. The van der Waals surface area contributed by atoms with Crippen LogP contribution in [-0.4, -0.2) is 92.4 Å². The number of amides is 1. The first-order chi connectivity index (χ1) is 31.5. The summed E-state index contributed by atoms with van der Waals surface area (Å²) in [7, 11) is -5.06. The van der Waals surface area contributed by atoms with Crippen LogP contribution in [-0.2, 0) is 44.4 Å². The first kappa shape index (κ1) is 47.3. The first-order valence-electron chi connectivity index (χ1n) is 20.4. The fraction of sp³-hybridized carbons (Fsp3) is 0.267. The highest BCUT2D eigenvalue weighted by Crippen LogP contribution is 2.44. The summed E-state index contributed by atoms with van der Waals surface area (Å²) in [6.45, 7) is 4.29. The highest BCUT2D eigenvalue weighted by molar-refractivity contribution is 7.92. The Hall–Kier alpha value is -6.65. The predicted octanol–water partition coefficient (Wildman–Crippen LogP) is 6.47. The van der Waals surface area contributed by atoms with E-state index in [1.165, 1.54) is 46.8 Å². The van der Waals surface area contributed by atoms with Crippen LogP contribution >= 0.6 is 11.3 Å². The first-order valence-corrected chi connectivity index (χ1v) is 24.2. The van der Waals surface area contributed by atoms with Crippen LogP contribution in [0.1, 0.15) is 37.5 Å². The molecule has 0 unspecified atom stereocenters. The number of nitrogens with two attached hydrogens (primary N) is 1. The van der Waals surface area contributed by atoms with Crippen molar-refractivity contribution in [2.75, 3.05) is 40.2 Å². The van der Waals surface area contributed by atoms with Crippen LogP contribution in [0.2, 0.25) is 0 Å². The molecule has 0 aliphatic rings. The number of carbonyl (C=O) groups excluding carboxylic acids is 1. The Morgan fingerprint density at radius 1 is 0.758 bits per heavy atom. The normalized spacial score (nSPS) is 12.0. The minimum absolute atomic E-state index is 0.123. The standard InChI is InChI=1S/C45H49N9O9S3/c1-45(2,3)63-44(55)47-24-25-48-65(56,57)38-23-22-35(36-8-7-9-37-40(36)49-43(46)64-37)39(42-50-52-54(51-42)28-31-14-20-34(62-6)21-15-31)41(38)66(58,59)53(26-29-10-16-32(60-4)17-11-29)27-30-12-18-33(61-5)19-13-30/h7-23,48H,24-28H2,1-6H3,(H2,46,49)(H,47,55). The van der Waals surface area contributed by atoms with Crippen LogP contribution in [0.4, 0.5) is 9.93 Å². The number of hydrogen-bond acceptors (Lipinski definition) is 15. The summed E-state index contributed by atoms with van der Waals surface area (Å²) in [6.07, 6.45) is -0.759. The van der Waals surface area contributed by atoms with E-state index in [2.05, 4.69) is 25.3 Å². The number of aromatic nitrogens is 5. The molecule has 2 heterocycles. The van der Waals surface area contributed by atoms with E-state index < -0.39 is 41.5 Å². The summed E-state index contributed by atoms with van der Waals surface area (Å²) >= 11 is 1.24. The van der Waals surface area contributed by atoms with Crippen LogP contribution < -0.4 is 30.0 Å². The lowest BCUT2D eigenvalue weighted by atomic mass is 9.98. The van der Waals surface area contributed by atoms with Gasteiger partial charge in [0.15, 0.2) is 5.13 Å². The molecule has 0 atom stereocenters. The quantitative estimate of drug-likeness (QED) is 0.0784. The van der Waals surface area contributed by atoms with Gasteiger partial charge in [0.2, 0.25) is 25.9 Å². The zero-order chi connectivity index (χ0) is 47.2. The molecule has 18 nitrogen and oxygen atoms in total. The van der Waals surface area contributed by atoms with Gasteiger partial charge in [-0.1, -0.05) is 65.9 Å². The molecule has 21 heteroatoms. The van der Waals surface area contributed by atoms with E-state index in [1.807, 2.05) is 18.2 Å². The summed E-state index contributed by atoms with van der Waals surface area (Å²) < 4.78 is 87.2. The number of ether oxygens (including phenoxy) is 4. The smallest absolute Gasteiger partial charge is 0.407 e. The van der Waals surface area contributed by atoms with Gasteiger partial charge in [-0.25, -0.2) is 31.3 Å². The van der Waals surface area contributed by atoms with Gasteiger partial charge in [-0.3, -0.25) is 0 Å². The average Bonchev–Trinajstić information content (AvgIpc) is 3.93. The monoisotopic (exact) mass is 955 g/mol. The van der Waals surface area contributed by atoms with Gasteiger partial charge in [-0.2, -0.15) is 9.10 Å². The van der Waals surface area contributed by atoms with Gasteiger partial charge < -0.3 is 30.0 Å². The molecule has 0 bridgehead atoms. The van der Waals surface area contributed by atoms with Crippen molar-refractivity contribution in [3.63, 3.8) is 0 Å². The number of hydrogen-bond donors (Lipinski definition) is 3. The Bertz CT molecular complexity index is 3000. The zero-order valence-corrected chi connectivity index (χ0v) is 39.5. The van der Waals surface area contributed by atoms with Gasteiger partial charge in [0, 0.05) is 31.7 Å². The molecular weight excluding hydrogens is 907 g/mol. The van der Waals surface area contributed by atoms with Crippen molar-refractivity contribution in [3.05, 3.63) is 120 Å². The molecular formula is C45H49N9O9S3. The Kier molecular flexibility index (Phi) is 14.2. The zero-order valence-electron chi connectivity index (χ0n) is 37.0. The summed E-state index contributed by atoms with van der Waals surface area (Å²) in [5.74, 6) is 1.57. The molecule has 7 aromatic rings. The number of rotatable bonds is 18. The SMILES string of the molecule is COc1ccc(CN(Cc2ccc(OC)cc2)S(=O)(=O)c2c(S(=O)(=O)NCCNC(=O)OC(C)(C)C)ccc(-c3cccc4sc(N)nc34)c2-c2nnn(Cc3ccc(OC)cc3)n2)cc1. The Morgan fingerprint density at radius 3 is 1.89 bits per heavy atom. The van der Waals surface area contributed by atoms with Crippen LogP contribution in [0.5, 0.6) is 17.2 Å². The fourth-order valence-electron chi connectivity index (χ4n) is 6.93. The summed E-state index contributed by atoms with van der Waals surface area (Å²) in [6, 6.07) is 29.0. The third-order valence-electron chi connectivity index (χ3n) is 10.0. The molecule has 0 spiro atoms. The average molecular weight is 956 g/mol. The van der Waals surface area contributed by atoms with E-state index in [0.717, 1.165) is 5.56 Å². The summed E-state index contributed by atoms with van der Waals surface area (Å²) in [4.78, 5) is 17.1. The summed E-state index contributed by atoms with van der Waals surface area (Å²) in [5, 5.41) is 16.2. The van der Waals surface area contributed by atoms with Crippen molar-refractivity contribution in [1.82, 2.24) is 39.5 Å². The number of thiazole rings is 1. The molecule has 5 aromatic carbocycles. The van der Waals surface area contributed by atoms with Crippen molar-refractivity contribution in [3.8, 4) is 39.8 Å². The molecule has 7 rings (SSSR count). The molecule has 0 aliphatic heterocycles. The van der Waals surface area contributed by atoms with Gasteiger partial charge in [0.25, 0.3) is 0 Å². The van der Waals surface area contributed by atoms with Gasteiger partial charge in [0.1, 0.15) is 32.6 Å². The van der Waals surface area contributed by atoms with Gasteiger partial charge >= 0.3 is 6.09 Å². The van der Waals surface area contributed by atoms with Gasteiger partial charge in [0.05, 0.1) is 43.7 Å². The molecule has 0 radical (unpaired) electrons. The number of para-hydroxylation sites is 1. The predicted molar refractivity (Wildman–Crippen MR) is 250 cm³/mol. The number of methoxy groups -OCH3 is 3. The second-order valence-corrected chi connectivity index (χ2v) is 20.5. The second-order valence-electron chi connectivity index (χ2n) is 15.8. The molecule has 0 saturated carbocycles. The molecule has 0 fully saturated rings.